The predicted octanol–water partition coefficient (Wildman–Crippen LogP) is 1.88. The summed E-state index contributed by atoms with van der Waals surface area (Å²) in [6.45, 7) is 8.01. The molecule has 1 amide bonds. The zero-order valence-corrected chi connectivity index (χ0v) is 13.1. The molecule has 0 bridgehead atoms. The first kappa shape index (κ1) is 16.4. The molecule has 1 rings (SSSR count). The fraction of sp³-hybridized carbons (Fsp3) is 0.933. The maximum absolute atomic E-state index is 12.6. The lowest BCUT2D eigenvalue weighted by molar-refractivity contribution is -0.142. The van der Waals surface area contributed by atoms with Gasteiger partial charge in [0, 0.05) is 39.3 Å². The fourth-order valence-corrected chi connectivity index (χ4v) is 3.11. The highest BCUT2D eigenvalue weighted by atomic mass is 16.5. The average Bonchev–Trinajstić information content (AvgIpc) is 2.35. The Morgan fingerprint density at radius 2 is 2.05 bits per heavy atom. The van der Waals surface area contributed by atoms with Crippen molar-refractivity contribution in [1.82, 2.24) is 4.90 Å². The summed E-state index contributed by atoms with van der Waals surface area (Å²) < 4.78 is 5.04. The van der Waals surface area contributed by atoms with Gasteiger partial charge in [-0.3, -0.25) is 4.79 Å². The van der Waals surface area contributed by atoms with Crippen molar-refractivity contribution in [3.05, 3.63) is 0 Å². The van der Waals surface area contributed by atoms with Gasteiger partial charge in [-0.25, -0.2) is 0 Å². The van der Waals surface area contributed by atoms with Gasteiger partial charge in [-0.2, -0.15) is 0 Å². The van der Waals surface area contributed by atoms with E-state index in [2.05, 4.69) is 20.8 Å². The van der Waals surface area contributed by atoms with Crippen molar-refractivity contribution in [3.8, 4) is 0 Å². The van der Waals surface area contributed by atoms with E-state index in [9.17, 15) is 4.79 Å². The molecule has 0 aromatic carbocycles. The lowest BCUT2D eigenvalue weighted by atomic mass is 9.61. The Morgan fingerprint density at radius 1 is 1.42 bits per heavy atom. The molecule has 3 unspecified atom stereocenters. The molecule has 0 saturated heterocycles. The van der Waals surface area contributed by atoms with Crippen LogP contribution in [0.4, 0.5) is 0 Å². The van der Waals surface area contributed by atoms with Gasteiger partial charge in [0.2, 0.25) is 5.91 Å². The van der Waals surface area contributed by atoms with Gasteiger partial charge < -0.3 is 15.4 Å². The fourth-order valence-electron chi connectivity index (χ4n) is 3.11. The largest absolute Gasteiger partial charge is 0.385 e. The second kappa shape index (κ2) is 6.71. The zero-order chi connectivity index (χ0) is 14.6. The van der Waals surface area contributed by atoms with Gasteiger partial charge in [-0.05, 0) is 30.6 Å². The molecule has 4 heteroatoms. The van der Waals surface area contributed by atoms with Gasteiger partial charge >= 0.3 is 0 Å². The summed E-state index contributed by atoms with van der Waals surface area (Å²) in [5.41, 5.74) is 6.13. The van der Waals surface area contributed by atoms with Gasteiger partial charge in [-0.1, -0.05) is 20.8 Å². The highest BCUT2D eigenvalue weighted by Crippen LogP contribution is 2.44. The maximum Gasteiger partial charge on any atom is 0.225 e. The monoisotopic (exact) mass is 270 g/mol. The molecular formula is C15H30N2O2. The Bertz CT molecular complexity index is 305. The van der Waals surface area contributed by atoms with Crippen molar-refractivity contribution >= 4 is 5.91 Å². The van der Waals surface area contributed by atoms with E-state index in [1.807, 2.05) is 11.9 Å². The van der Waals surface area contributed by atoms with Crippen molar-refractivity contribution in [2.24, 2.45) is 23.0 Å². The smallest absolute Gasteiger partial charge is 0.225 e. The molecule has 2 N–H and O–H groups in total. The van der Waals surface area contributed by atoms with Crippen LogP contribution >= 0.6 is 0 Å². The van der Waals surface area contributed by atoms with E-state index < -0.39 is 0 Å². The summed E-state index contributed by atoms with van der Waals surface area (Å²) in [5, 5.41) is 0. The van der Waals surface area contributed by atoms with Crippen molar-refractivity contribution in [1.29, 1.82) is 0 Å². The Balaban J connectivity index is 2.65. The van der Waals surface area contributed by atoms with E-state index in [0.29, 0.717) is 12.5 Å². The van der Waals surface area contributed by atoms with E-state index in [0.717, 1.165) is 25.8 Å². The second-order valence-electron chi connectivity index (χ2n) is 6.51. The van der Waals surface area contributed by atoms with Crippen LogP contribution in [0, 0.1) is 17.3 Å². The molecule has 1 aliphatic carbocycles. The Kier molecular flexibility index (Phi) is 5.81. The highest BCUT2D eigenvalue weighted by molar-refractivity contribution is 5.79. The SMILES string of the molecule is COCCCN(C)C(=O)C1CCC(N)C(C)C1(C)C. The number of hydrogen-bond acceptors (Lipinski definition) is 3. The summed E-state index contributed by atoms with van der Waals surface area (Å²) in [6, 6.07) is 0.220. The summed E-state index contributed by atoms with van der Waals surface area (Å²) >= 11 is 0. The minimum Gasteiger partial charge on any atom is -0.385 e. The van der Waals surface area contributed by atoms with Gasteiger partial charge in [-0.15, -0.1) is 0 Å². The van der Waals surface area contributed by atoms with Crippen LogP contribution in [0.1, 0.15) is 40.0 Å². The number of carbonyl (C=O) groups is 1. The first-order chi connectivity index (χ1) is 8.82. The molecule has 4 nitrogen and oxygen atoms in total. The van der Waals surface area contributed by atoms with Gasteiger partial charge in [0.25, 0.3) is 0 Å². The Labute approximate surface area is 117 Å². The molecule has 3 atom stereocenters. The third-order valence-corrected chi connectivity index (χ3v) is 5.02. The van der Waals surface area contributed by atoms with E-state index >= 15 is 0 Å². The summed E-state index contributed by atoms with van der Waals surface area (Å²) in [5.74, 6) is 0.734. The van der Waals surface area contributed by atoms with Crippen LogP contribution in [0.2, 0.25) is 0 Å². The summed E-state index contributed by atoms with van der Waals surface area (Å²) in [6.07, 6.45) is 2.75. The normalized spacial score (nSPS) is 30.1. The third-order valence-electron chi connectivity index (χ3n) is 5.02. The quantitative estimate of drug-likeness (QED) is 0.776. The molecule has 0 spiro atoms. The van der Waals surface area contributed by atoms with Crippen molar-refractivity contribution in [2.75, 3.05) is 27.3 Å². The topological polar surface area (TPSA) is 55.6 Å². The molecule has 1 aliphatic rings. The van der Waals surface area contributed by atoms with Crippen molar-refractivity contribution in [3.63, 3.8) is 0 Å². The zero-order valence-electron chi connectivity index (χ0n) is 13.1. The van der Waals surface area contributed by atoms with Crippen molar-refractivity contribution in [2.45, 2.75) is 46.1 Å². The van der Waals surface area contributed by atoms with E-state index in [-0.39, 0.29) is 23.3 Å². The second-order valence-corrected chi connectivity index (χ2v) is 6.51. The number of nitrogens with zero attached hydrogens (tertiary/aromatic N) is 1. The van der Waals surface area contributed by atoms with E-state index in [1.165, 1.54) is 0 Å². The van der Waals surface area contributed by atoms with Crippen LogP contribution in [0.3, 0.4) is 0 Å². The minimum atomic E-state index is -0.0235. The summed E-state index contributed by atoms with van der Waals surface area (Å²) in [7, 11) is 3.59. The summed E-state index contributed by atoms with van der Waals surface area (Å²) in [4.78, 5) is 14.5. The number of hydrogen-bond donors (Lipinski definition) is 1. The molecular weight excluding hydrogens is 240 g/mol. The molecule has 0 aromatic heterocycles. The number of nitrogens with two attached hydrogens (primary N) is 1. The molecule has 1 saturated carbocycles. The molecule has 1 fully saturated rings. The highest BCUT2D eigenvalue weighted by Gasteiger charge is 2.45. The van der Waals surface area contributed by atoms with Crippen LogP contribution in [0.5, 0.6) is 0 Å². The standard InChI is InChI=1S/C15H30N2O2/c1-11-13(16)8-7-12(15(11,2)3)14(18)17(4)9-6-10-19-5/h11-13H,6-10,16H2,1-5H3. The Hall–Kier alpha value is -0.610. The minimum absolute atomic E-state index is 0.0235. The third kappa shape index (κ3) is 3.69. The number of carbonyl (C=O) groups excluding carboxylic acids is 1. The van der Waals surface area contributed by atoms with E-state index in [1.54, 1.807) is 7.11 Å². The molecule has 112 valence electrons. The van der Waals surface area contributed by atoms with Gasteiger partial charge in [0.1, 0.15) is 0 Å². The van der Waals surface area contributed by atoms with Crippen LogP contribution in [-0.4, -0.2) is 44.2 Å². The molecule has 0 radical (unpaired) electrons. The lowest BCUT2D eigenvalue weighted by Gasteiger charge is -2.47. The van der Waals surface area contributed by atoms with Crippen LogP contribution in [0.25, 0.3) is 0 Å². The first-order valence-corrected chi connectivity index (χ1v) is 7.31. The van der Waals surface area contributed by atoms with Crippen LogP contribution in [-0.2, 0) is 9.53 Å². The molecule has 19 heavy (non-hydrogen) atoms. The number of ether oxygens (including phenoxy) is 1. The Morgan fingerprint density at radius 3 is 2.63 bits per heavy atom. The molecule has 0 aliphatic heterocycles. The number of methoxy groups -OCH3 is 1. The molecule has 0 heterocycles. The molecule has 0 aromatic rings. The maximum atomic E-state index is 12.6. The first-order valence-electron chi connectivity index (χ1n) is 7.31. The lowest BCUT2D eigenvalue weighted by Crippen LogP contribution is -2.52. The number of rotatable bonds is 5. The average molecular weight is 270 g/mol. The van der Waals surface area contributed by atoms with Crippen LogP contribution in [0.15, 0.2) is 0 Å². The van der Waals surface area contributed by atoms with E-state index in [4.69, 9.17) is 10.5 Å². The number of amides is 1. The van der Waals surface area contributed by atoms with Crippen molar-refractivity contribution < 1.29 is 9.53 Å². The van der Waals surface area contributed by atoms with Gasteiger partial charge in [0.05, 0.1) is 0 Å². The predicted molar refractivity (Wildman–Crippen MR) is 77.8 cm³/mol. The van der Waals surface area contributed by atoms with Crippen LogP contribution < -0.4 is 5.73 Å². The van der Waals surface area contributed by atoms with Gasteiger partial charge in [0.15, 0.2) is 0 Å².